The first-order chi connectivity index (χ1) is 12.7. The summed E-state index contributed by atoms with van der Waals surface area (Å²) in [6.45, 7) is 3.63. The molecule has 0 atom stereocenters. The number of oxazole rings is 1. The van der Waals surface area contributed by atoms with E-state index in [1.807, 2.05) is 41.3 Å². The van der Waals surface area contributed by atoms with E-state index in [2.05, 4.69) is 24.0 Å². The standard InChI is InChI=1S/C21H22N2O2S/c1-15-6-2-5-9-19(15)26-14-20(24)23-12-10-16(11-13-23)21-22-17-7-3-4-8-18(17)25-21/h2-9,16H,10-14H2,1H3. The molecule has 2 aromatic carbocycles. The SMILES string of the molecule is Cc1ccccc1SCC(=O)N1CCC(c2nc3ccccc3o2)CC1. The first-order valence-electron chi connectivity index (χ1n) is 9.02. The number of likely N-dealkylation sites (tertiary alicyclic amines) is 1. The number of carbonyl (C=O) groups is 1. The number of aromatic nitrogens is 1. The van der Waals surface area contributed by atoms with Crippen molar-refractivity contribution < 1.29 is 9.21 Å². The number of hydrogen-bond donors (Lipinski definition) is 0. The van der Waals surface area contributed by atoms with E-state index >= 15 is 0 Å². The largest absolute Gasteiger partial charge is 0.440 e. The van der Waals surface area contributed by atoms with Gasteiger partial charge in [0.25, 0.3) is 0 Å². The van der Waals surface area contributed by atoms with Gasteiger partial charge < -0.3 is 9.32 Å². The molecule has 1 amide bonds. The maximum absolute atomic E-state index is 12.5. The summed E-state index contributed by atoms with van der Waals surface area (Å²) < 4.78 is 5.90. The first kappa shape index (κ1) is 17.2. The zero-order valence-electron chi connectivity index (χ0n) is 14.9. The van der Waals surface area contributed by atoms with E-state index in [9.17, 15) is 4.79 Å². The highest BCUT2D eigenvalue weighted by atomic mass is 32.2. The van der Waals surface area contributed by atoms with Crippen molar-refractivity contribution in [3.63, 3.8) is 0 Å². The van der Waals surface area contributed by atoms with Crippen molar-refractivity contribution in [3.05, 3.63) is 60.0 Å². The number of hydrogen-bond acceptors (Lipinski definition) is 4. The van der Waals surface area contributed by atoms with Crippen LogP contribution < -0.4 is 0 Å². The molecule has 0 spiro atoms. The van der Waals surface area contributed by atoms with Crippen molar-refractivity contribution in [1.29, 1.82) is 0 Å². The number of thioether (sulfide) groups is 1. The van der Waals surface area contributed by atoms with Crippen LogP contribution in [0.15, 0.2) is 57.8 Å². The molecule has 4 nitrogen and oxygen atoms in total. The molecule has 2 heterocycles. The van der Waals surface area contributed by atoms with E-state index < -0.39 is 0 Å². The highest BCUT2D eigenvalue weighted by Gasteiger charge is 2.27. The van der Waals surface area contributed by atoms with Gasteiger partial charge in [-0.3, -0.25) is 4.79 Å². The summed E-state index contributed by atoms with van der Waals surface area (Å²) in [7, 11) is 0. The summed E-state index contributed by atoms with van der Waals surface area (Å²) in [4.78, 5) is 20.3. The van der Waals surface area contributed by atoms with Gasteiger partial charge in [-0.05, 0) is 43.5 Å². The fraction of sp³-hybridized carbons (Fsp3) is 0.333. The molecule has 3 aromatic rings. The Kier molecular flexibility index (Phi) is 4.98. The molecule has 26 heavy (non-hydrogen) atoms. The summed E-state index contributed by atoms with van der Waals surface area (Å²) in [5.74, 6) is 1.83. The lowest BCUT2D eigenvalue weighted by Gasteiger charge is -2.30. The van der Waals surface area contributed by atoms with Crippen LogP contribution in [0, 0.1) is 6.92 Å². The van der Waals surface area contributed by atoms with Crippen molar-refractivity contribution >= 4 is 28.8 Å². The van der Waals surface area contributed by atoms with Crippen molar-refractivity contribution in [2.45, 2.75) is 30.6 Å². The third kappa shape index (κ3) is 3.63. The molecule has 134 valence electrons. The number of carbonyl (C=O) groups excluding carboxylic acids is 1. The normalized spacial score (nSPS) is 15.5. The van der Waals surface area contributed by atoms with Crippen LogP contribution in [0.2, 0.25) is 0 Å². The lowest BCUT2D eigenvalue weighted by Crippen LogP contribution is -2.39. The van der Waals surface area contributed by atoms with Gasteiger partial charge in [0.1, 0.15) is 5.52 Å². The van der Waals surface area contributed by atoms with Crippen LogP contribution in [0.1, 0.15) is 30.2 Å². The smallest absolute Gasteiger partial charge is 0.232 e. The Labute approximate surface area is 157 Å². The van der Waals surface area contributed by atoms with Crippen LogP contribution >= 0.6 is 11.8 Å². The summed E-state index contributed by atoms with van der Waals surface area (Å²) in [5.41, 5.74) is 2.98. The molecule has 1 aliphatic heterocycles. The van der Waals surface area contributed by atoms with Gasteiger partial charge in [-0.25, -0.2) is 4.98 Å². The van der Waals surface area contributed by atoms with Crippen molar-refractivity contribution in [2.24, 2.45) is 0 Å². The zero-order valence-corrected chi connectivity index (χ0v) is 15.7. The molecule has 4 rings (SSSR count). The number of rotatable bonds is 4. The second kappa shape index (κ2) is 7.54. The number of aryl methyl sites for hydroxylation is 1. The van der Waals surface area contributed by atoms with E-state index in [-0.39, 0.29) is 5.91 Å². The monoisotopic (exact) mass is 366 g/mol. The molecule has 0 bridgehead atoms. The second-order valence-electron chi connectivity index (χ2n) is 6.73. The van der Waals surface area contributed by atoms with Crippen LogP contribution in [-0.4, -0.2) is 34.6 Å². The number of fused-ring (bicyclic) bond motifs is 1. The quantitative estimate of drug-likeness (QED) is 0.631. The number of para-hydroxylation sites is 2. The predicted molar refractivity (Wildman–Crippen MR) is 104 cm³/mol. The molecule has 1 aromatic heterocycles. The van der Waals surface area contributed by atoms with Crippen LogP contribution in [0.5, 0.6) is 0 Å². The molecule has 0 aliphatic carbocycles. The third-order valence-electron chi connectivity index (χ3n) is 4.95. The predicted octanol–water partition coefficient (Wildman–Crippen LogP) is 4.63. The molecule has 5 heteroatoms. The van der Waals surface area contributed by atoms with E-state index in [1.165, 1.54) is 10.5 Å². The number of benzene rings is 2. The van der Waals surface area contributed by atoms with Crippen molar-refractivity contribution in [1.82, 2.24) is 9.88 Å². The maximum Gasteiger partial charge on any atom is 0.232 e. The van der Waals surface area contributed by atoms with E-state index in [0.717, 1.165) is 42.9 Å². The Morgan fingerprint density at radius 2 is 1.88 bits per heavy atom. The average Bonchev–Trinajstić information content (AvgIpc) is 3.11. The average molecular weight is 366 g/mol. The molecule has 1 fully saturated rings. The number of nitrogens with zero attached hydrogens (tertiary/aromatic N) is 2. The number of amides is 1. The van der Waals surface area contributed by atoms with Gasteiger partial charge in [0.05, 0.1) is 5.75 Å². The molecular weight excluding hydrogens is 344 g/mol. The van der Waals surface area contributed by atoms with Crippen LogP contribution in [0.25, 0.3) is 11.1 Å². The van der Waals surface area contributed by atoms with Crippen molar-refractivity contribution in [2.75, 3.05) is 18.8 Å². The molecule has 0 radical (unpaired) electrons. The summed E-state index contributed by atoms with van der Waals surface area (Å²) in [5, 5.41) is 0. The van der Waals surface area contributed by atoms with Crippen LogP contribution in [-0.2, 0) is 4.79 Å². The molecule has 1 aliphatic rings. The van der Waals surface area contributed by atoms with Gasteiger partial charge in [-0.2, -0.15) is 0 Å². The fourth-order valence-electron chi connectivity index (χ4n) is 3.39. The van der Waals surface area contributed by atoms with Gasteiger partial charge in [-0.1, -0.05) is 30.3 Å². The Morgan fingerprint density at radius 3 is 2.65 bits per heavy atom. The van der Waals surface area contributed by atoms with Crippen LogP contribution in [0.3, 0.4) is 0 Å². The molecule has 0 saturated carbocycles. The second-order valence-corrected chi connectivity index (χ2v) is 7.75. The minimum Gasteiger partial charge on any atom is -0.440 e. The summed E-state index contributed by atoms with van der Waals surface area (Å²) in [6.07, 6.45) is 1.82. The minimum atomic E-state index is 0.217. The zero-order chi connectivity index (χ0) is 17.9. The van der Waals surface area contributed by atoms with Crippen LogP contribution in [0.4, 0.5) is 0 Å². The lowest BCUT2D eigenvalue weighted by molar-refractivity contribution is -0.129. The Balaban J connectivity index is 1.33. The molecule has 1 saturated heterocycles. The lowest BCUT2D eigenvalue weighted by atomic mass is 9.97. The molecule has 0 unspecified atom stereocenters. The van der Waals surface area contributed by atoms with Gasteiger partial charge in [0.15, 0.2) is 11.5 Å². The maximum atomic E-state index is 12.5. The first-order valence-corrected chi connectivity index (χ1v) is 10.0. The van der Waals surface area contributed by atoms with Gasteiger partial charge >= 0.3 is 0 Å². The van der Waals surface area contributed by atoms with E-state index in [1.54, 1.807) is 11.8 Å². The Morgan fingerprint density at radius 1 is 1.15 bits per heavy atom. The Hall–Kier alpha value is -2.27. The topological polar surface area (TPSA) is 46.3 Å². The Bertz CT molecular complexity index is 880. The van der Waals surface area contributed by atoms with E-state index in [0.29, 0.717) is 11.7 Å². The molecular formula is C21H22N2O2S. The third-order valence-corrected chi connectivity index (χ3v) is 6.11. The summed E-state index contributed by atoms with van der Waals surface area (Å²) >= 11 is 1.63. The van der Waals surface area contributed by atoms with Gasteiger partial charge in [-0.15, -0.1) is 11.8 Å². The van der Waals surface area contributed by atoms with Gasteiger partial charge in [0.2, 0.25) is 5.91 Å². The molecule has 0 N–H and O–H groups in total. The van der Waals surface area contributed by atoms with Gasteiger partial charge in [0, 0.05) is 23.9 Å². The van der Waals surface area contributed by atoms with E-state index in [4.69, 9.17) is 4.42 Å². The minimum absolute atomic E-state index is 0.217. The highest BCUT2D eigenvalue weighted by Crippen LogP contribution is 2.30. The summed E-state index contributed by atoms with van der Waals surface area (Å²) in [6, 6.07) is 16.1. The van der Waals surface area contributed by atoms with Crippen molar-refractivity contribution in [3.8, 4) is 0 Å². The highest BCUT2D eigenvalue weighted by molar-refractivity contribution is 8.00. The fourth-order valence-corrected chi connectivity index (χ4v) is 4.32. The number of piperidine rings is 1.